The predicted molar refractivity (Wildman–Crippen MR) is 155 cm³/mol. The van der Waals surface area contributed by atoms with E-state index in [1.54, 1.807) is 31.4 Å². The average molecular weight is 563 g/mol. The number of carbonyl (C=O) groups excluding carboxylic acids is 1. The van der Waals surface area contributed by atoms with Crippen LogP contribution in [0.25, 0.3) is 10.9 Å². The van der Waals surface area contributed by atoms with Crippen molar-refractivity contribution in [3.8, 4) is 5.75 Å². The lowest BCUT2D eigenvalue weighted by atomic mass is 9.80. The Morgan fingerprint density at radius 1 is 1.02 bits per heavy atom. The van der Waals surface area contributed by atoms with Gasteiger partial charge in [-0.1, -0.05) is 30.3 Å². The maximum atomic E-state index is 13.8. The van der Waals surface area contributed by atoms with Crippen LogP contribution >= 0.6 is 0 Å². The predicted octanol–water partition coefficient (Wildman–Crippen LogP) is 7.14. The fourth-order valence-electron chi connectivity index (χ4n) is 5.66. The van der Waals surface area contributed by atoms with Crippen LogP contribution in [-0.2, 0) is 12.7 Å². The fourth-order valence-corrected chi connectivity index (χ4v) is 5.66. The largest absolute Gasteiger partial charge is 0.497 e. The second-order valence-corrected chi connectivity index (χ2v) is 10.6. The van der Waals surface area contributed by atoms with Crippen molar-refractivity contribution in [2.45, 2.75) is 50.4 Å². The van der Waals surface area contributed by atoms with Crippen molar-refractivity contribution in [2.75, 3.05) is 24.4 Å². The normalized spacial score (nSPS) is 17.3. The number of nitrogens with two attached hydrogens (primary N) is 1. The second kappa shape index (κ2) is 11.7. The molecular weight excluding hydrogens is 529 g/mol. The first-order chi connectivity index (χ1) is 19.6. The number of alkyl halides is 3. The number of amides is 1. The number of aromatic nitrogens is 1. The summed E-state index contributed by atoms with van der Waals surface area (Å²) >= 11 is 0. The Balaban J connectivity index is 1.38. The molecule has 1 fully saturated rings. The Hall–Kier alpha value is -4.27. The molecule has 1 aliphatic carbocycles. The molecule has 6 nitrogen and oxygen atoms in total. The molecule has 1 heterocycles. The van der Waals surface area contributed by atoms with Crippen LogP contribution in [0.3, 0.4) is 0 Å². The Bertz CT molecular complexity index is 1530. The van der Waals surface area contributed by atoms with Gasteiger partial charge in [-0.15, -0.1) is 0 Å². The highest BCUT2D eigenvalue weighted by Gasteiger charge is 2.34. The molecular formula is C32H33F3N4O2. The number of primary amides is 1. The molecule has 1 saturated carbocycles. The number of rotatable bonds is 8. The Morgan fingerprint density at radius 2 is 1.73 bits per heavy atom. The number of nitrogens with one attached hydrogen (secondary N) is 1. The first kappa shape index (κ1) is 28.3. The lowest BCUT2D eigenvalue weighted by Gasteiger charge is -2.31. The zero-order valence-corrected chi connectivity index (χ0v) is 23.0. The van der Waals surface area contributed by atoms with E-state index < -0.39 is 17.8 Å². The van der Waals surface area contributed by atoms with E-state index in [4.69, 9.17) is 10.5 Å². The van der Waals surface area contributed by atoms with Gasteiger partial charge >= 0.3 is 6.18 Å². The molecule has 0 saturated heterocycles. The molecule has 1 aliphatic rings. The SMILES string of the molecule is COc1ccc(CN(C)c2ccc3nc(C(F)(F)F)cc(NC4CCC(c5ccccc5C(N)=O)CC4)c3c2)cc1. The maximum absolute atomic E-state index is 13.8. The van der Waals surface area contributed by atoms with Crippen LogP contribution in [0.15, 0.2) is 72.8 Å². The molecule has 0 bridgehead atoms. The summed E-state index contributed by atoms with van der Waals surface area (Å²) in [5.74, 6) is 0.502. The fraction of sp³-hybridized carbons (Fsp3) is 0.312. The van der Waals surface area contributed by atoms with Gasteiger partial charge in [-0.25, -0.2) is 4.98 Å². The second-order valence-electron chi connectivity index (χ2n) is 10.6. The number of pyridine rings is 1. The minimum atomic E-state index is -4.56. The first-order valence-electron chi connectivity index (χ1n) is 13.6. The van der Waals surface area contributed by atoms with Gasteiger partial charge in [-0.3, -0.25) is 4.79 Å². The molecule has 3 aromatic carbocycles. The number of methoxy groups -OCH3 is 1. The van der Waals surface area contributed by atoms with Crippen molar-refractivity contribution in [2.24, 2.45) is 5.73 Å². The molecule has 9 heteroatoms. The molecule has 5 rings (SSSR count). The number of carbonyl (C=O) groups is 1. The van der Waals surface area contributed by atoms with Gasteiger partial charge in [0.25, 0.3) is 0 Å². The molecule has 1 amide bonds. The third-order valence-electron chi connectivity index (χ3n) is 7.86. The van der Waals surface area contributed by atoms with Crippen LogP contribution in [0.2, 0.25) is 0 Å². The van der Waals surface area contributed by atoms with Crippen molar-refractivity contribution in [1.29, 1.82) is 0 Å². The minimum Gasteiger partial charge on any atom is -0.497 e. The number of benzene rings is 3. The van der Waals surface area contributed by atoms with Crippen LogP contribution in [-0.4, -0.2) is 31.1 Å². The monoisotopic (exact) mass is 562 g/mol. The van der Waals surface area contributed by atoms with Gasteiger partial charge < -0.3 is 20.7 Å². The van der Waals surface area contributed by atoms with E-state index in [0.29, 0.717) is 23.2 Å². The Labute approximate surface area is 237 Å². The number of nitrogens with zero attached hydrogens (tertiary/aromatic N) is 2. The molecule has 41 heavy (non-hydrogen) atoms. The standard InChI is InChI=1S/C32H33F3N4O2/c1-39(19-20-7-14-24(41-2)15-8-20)23-13-16-28-27(17-23)29(18-30(38-28)32(33,34)35)37-22-11-9-21(10-12-22)25-5-3-4-6-26(25)31(36)40/h3-8,13-18,21-22H,9-12,19H2,1-2H3,(H2,36,40)(H,37,38). The molecule has 0 spiro atoms. The van der Waals surface area contributed by atoms with Crippen LogP contribution in [0, 0.1) is 0 Å². The topological polar surface area (TPSA) is 80.5 Å². The van der Waals surface area contributed by atoms with E-state index >= 15 is 0 Å². The summed E-state index contributed by atoms with van der Waals surface area (Å²) in [5.41, 5.74) is 8.78. The summed E-state index contributed by atoms with van der Waals surface area (Å²) in [6, 6.07) is 21.6. The van der Waals surface area contributed by atoms with E-state index in [1.807, 2.05) is 54.4 Å². The van der Waals surface area contributed by atoms with Crippen LogP contribution in [0.4, 0.5) is 24.5 Å². The van der Waals surface area contributed by atoms with E-state index in [1.165, 1.54) is 0 Å². The molecule has 4 aromatic rings. The number of fused-ring (bicyclic) bond motifs is 1. The molecule has 214 valence electrons. The summed E-state index contributed by atoms with van der Waals surface area (Å²) in [5, 5.41) is 4.05. The van der Waals surface area contributed by atoms with Crippen LogP contribution in [0.5, 0.6) is 5.75 Å². The Kier molecular flexibility index (Phi) is 8.06. The zero-order chi connectivity index (χ0) is 29.1. The van der Waals surface area contributed by atoms with Crippen molar-refractivity contribution in [3.05, 3.63) is 95.2 Å². The van der Waals surface area contributed by atoms with Gasteiger partial charge in [0, 0.05) is 42.0 Å². The average Bonchev–Trinajstić information content (AvgIpc) is 2.97. The lowest BCUT2D eigenvalue weighted by Crippen LogP contribution is -2.27. The van der Waals surface area contributed by atoms with Crippen molar-refractivity contribution in [3.63, 3.8) is 0 Å². The summed E-state index contributed by atoms with van der Waals surface area (Å²) in [4.78, 5) is 17.9. The highest BCUT2D eigenvalue weighted by atomic mass is 19.4. The summed E-state index contributed by atoms with van der Waals surface area (Å²) in [6.07, 6.45) is -1.47. The molecule has 0 unspecified atom stereocenters. The quantitative estimate of drug-likeness (QED) is 0.239. The number of halogens is 3. The van der Waals surface area contributed by atoms with Gasteiger partial charge in [0.15, 0.2) is 0 Å². The van der Waals surface area contributed by atoms with E-state index in [-0.39, 0.29) is 17.5 Å². The Morgan fingerprint density at radius 3 is 2.39 bits per heavy atom. The molecule has 1 aromatic heterocycles. The third kappa shape index (κ3) is 6.39. The van der Waals surface area contributed by atoms with Gasteiger partial charge in [0.1, 0.15) is 11.4 Å². The number of hydrogen-bond donors (Lipinski definition) is 2. The van der Waals surface area contributed by atoms with E-state index in [2.05, 4.69) is 10.3 Å². The smallest absolute Gasteiger partial charge is 0.433 e. The van der Waals surface area contributed by atoms with Gasteiger partial charge in [0.2, 0.25) is 5.91 Å². The van der Waals surface area contributed by atoms with Crippen molar-refractivity contribution >= 4 is 28.2 Å². The molecule has 0 radical (unpaired) electrons. The van der Waals surface area contributed by atoms with Gasteiger partial charge in [0.05, 0.1) is 12.6 Å². The van der Waals surface area contributed by atoms with E-state index in [0.717, 1.165) is 54.3 Å². The number of anilines is 2. The number of ether oxygens (including phenoxy) is 1. The third-order valence-corrected chi connectivity index (χ3v) is 7.86. The number of hydrogen-bond acceptors (Lipinski definition) is 5. The van der Waals surface area contributed by atoms with Crippen molar-refractivity contribution in [1.82, 2.24) is 4.98 Å². The zero-order valence-electron chi connectivity index (χ0n) is 23.0. The van der Waals surface area contributed by atoms with Crippen LogP contribution < -0.4 is 20.7 Å². The summed E-state index contributed by atoms with van der Waals surface area (Å²) in [6.45, 7) is 0.614. The first-order valence-corrected chi connectivity index (χ1v) is 13.6. The van der Waals surface area contributed by atoms with Gasteiger partial charge in [-0.2, -0.15) is 13.2 Å². The minimum absolute atomic E-state index is 0.0145. The van der Waals surface area contributed by atoms with E-state index in [9.17, 15) is 18.0 Å². The summed E-state index contributed by atoms with van der Waals surface area (Å²) < 4.78 is 46.6. The maximum Gasteiger partial charge on any atom is 0.433 e. The molecule has 0 aliphatic heterocycles. The highest BCUT2D eigenvalue weighted by Crippen LogP contribution is 2.39. The highest BCUT2D eigenvalue weighted by molar-refractivity contribution is 5.95. The van der Waals surface area contributed by atoms with Gasteiger partial charge in [-0.05, 0) is 85.2 Å². The molecule has 3 N–H and O–H groups in total. The lowest BCUT2D eigenvalue weighted by molar-refractivity contribution is -0.140. The summed E-state index contributed by atoms with van der Waals surface area (Å²) in [7, 11) is 3.57. The molecule has 0 atom stereocenters. The van der Waals surface area contributed by atoms with Crippen LogP contribution in [0.1, 0.15) is 58.8 Å². The van der Waals surface area contributed by atoms with Crippen molar-refractivity contribution < 1.29 is 22.7 Å².